The summed E-state index contributed by atoms with van der Waals surface area (Å²) >= 11 is 2.86. The van der Waals surface area contributed by atoms with E-state index in [1.54, 1.807) is 0 Å². The molecule has 0 bridgehead atoms. The average Bonchev–Trinajstić information content (AvgIpc) is 2.06. The first-order chi connectivity index (χ1) is 6.75. The minimum absolute atomic E-state index is 0.118. The second-order valence-corrected chi connectivity index (χ2v) is 3.54. The molecule has 1 aromatic rings. The molecule has 0 saturated heterocycles. The lowest BCUT2D eigenvalue weighted by Gasteiger charge is -2.12. The quantitative estimate of drug-likeness (QED) is 0.779. The molecule has 0 aliphatic rings. The highest BCUT2D eigenvalue weighted by Gasteiger charge is 2.36. The van der Waals surface area contributed by atoms with Crippen LogP contribution in [0.1, 0.15) is 15.9 Å². The Morgan fingerprint density at radius 2 is 1.93 bits per heavy atom. The van der Waals surface area contributed by atoms with Crippen LogP contribution in [0.15, 0.2) is 16.6 Å². The van der Waals surface area contributed by atoms with Crippen LogP contribution < -0.4 is 5.73 Å². The van der Waals surface area contributed by atoms with Gasteiger partial charge in [0.05, 0.1) is 16.8 Å². The summed E-state index contributed by atoms with van der Waals surface area (Å²) in [7, 11) is 0. The molecule has 0 atom stereocenters. The third-order valence-electron chi connectivity index (χ3n) is 1.71. The molecule has 3 nitrogen and oxygen atoms in total. The third-order valence-corrected chi connectivity index (χ3v) is 2.40. The number of anilines is 1. The molecule has 0 unspecified atom stereocenters. The van der Waals surface area contributed by atoms with Gasteiger partial charge in [-0.2, -0.15) is 13.2 Å². The number of carboxylic acid groups (broad SMARTS) is 1. The fourth-order valence-electron chi connectivity index (χ4n) is 1.06. The molecular formula is C8H5BrF3NO2. The standard InChI is InChI=1S/C8H5BrF3NO2/c9-4-2-1-3(8(10,11)12)5(6(4)13)7(14)15/h1-2H,13H2,(H,14,15). The smallest absolute Gasteiger partial charge is 0.417 e. The van der Waals surface area contributed by atoms with E-state index in [1.165, 1.54) is 0 Å². The van der Waals surface area contributed by atoms with E-state index in [4.69, 9.17) is 10.8 Å². The predicted octanol–water partition coefficient (Wildman–Crippen LogP) is 2.75. The van der Waals surface area contributed by atoms with Gasteiger partial charge in [-0.25, -0.2) is 4.79 Å². The van der Waals surface area contributed by atoms with Crippen LogP contribution in [0.2, 0.25) is 0 Å². The van der Waals surface area contributed by atoms with E-state index >= 15 is 0 Å². The highest BCUT2D eigenvalue weighted by molar-refractivity contribution is 9.10. The molecule has 1 rings (SSSR count). The van der Waals surface area contributed by atoms with Crippen molar-refractivity contribution in [2.45, 2.75) is 6.18 Å². The maximum Gasteiger partial charge on any atom is 0.417 e. The first-order valence-corrected chi connectivity index (χ1v) is 4.43. The Labute approximate surface area is 90.8 Å². The number of benzene rings is 1. The summed E-state index contributed by atoms with van der Waals surface area (Å²) in [6.45, 7) is 0. The van der Waals surface area contributed by atoms with E-state index in [2.05, 4.69) is 15.9 Å². The van der Waals surface area contributed by atoms with Gasteiger partial charge in [-0.05, 0) is 28.1 Å². The Morgan fingerprint density at radius 1 is 1.40 bits per heavy atom. The van der Waals surface area contributed by atoms with Gasteiger partial charge in [-0.3, -0.25) is 0 Å². The van der Waals surface area contributed by atoms with Crippen LogP contribution >= 0.6 is 15.9 Å². The van der Waals surface area contributed by atoms with Crippen LogP contribution in [0.5, 0.6) is 0 Å². The molecule has 0 saturated carbocycles. The lowest BCUT2D eigenvalue weighted by Crippen LogP contribution is -2.15. The number of carboxylic acids is 1. The van der Waals surface area contributed by atoms with Crippen molar-refractivity contribution in [3.8, 4) is 0 Å². The van der Waals surface area contributed by atoms with Crippen LogP contribution in [-0.2, 0) is 6.18 Å². The maximum atomic E-state index is 12.4. The topological polar surface area (TPSA) is 63.3 Å². The van der Waals surface area contributed by atoms with Gasteiger partial charge in [0.1, 0.15) is 0 Å². The highest BCUT2D eigenvalue weighted by Crippen LogP contribution is 2.37. The van der Waals surface area contributed by atoms with Crippen LogP contribution in [0.3, 0.4) is 0 Å². The maximum absolute atomic E-state index is 12.4. The Hall–Kier alpha value is -1.24. The summed E-state index contributed by atoms with van der Waals surface area (Å²) in [6, 6.07) is 1.73. The molecular weight excluding hydrogens is 279 g/mol. The van der Waals surface area contributed by atoms with E-state index in [0.717, 1.165) is 6.07 Å². The van der Waals surface area contributed by atoms with E-state index in [0.29, 0.717) is 6.07 Å². The van der Waals surface area contributed by atoms with Gasteiger partial charge >= 0.3 is 12.1 Å². The predicted molar refractivity (Wildman–Crippen MR) is 50.5 cm³/mol. The number of hydrogen-bond acceptors (Lipinski definition) is 2. The van der Waals surface area contributed by atoms with Gasteiger partial charge in [0.15, 0.2) is 0 Å². The lowest BCUT2D eigenvalue weighted by molar-refractivity contribution is -0.138. The van der Waals surface area contributed by atoms with Crippen molar-refractivity contribution in [2.24, 2.45) is 0 Å². The summed E-state index contributed by atoms with van der Waals surface area (Å²) in [5.41, 5.74) is 2.63. The molecule has 1 aromatic carbocycles. The number of halogens is 4. The zero-order valence-electron chi connectivity index (χ0n) is 7.10. The molecule has 0 spiro atoms. The van der Waals surface area contributed by atoms with Crippen LogP contribution in [0, 0.1) is 0 Å². The molecule has 82 valence electrons. The highest BCUT2D eigenvalue weighted by atomic mass is 79.9. The summed E-state index contributed by atoms with van der Waals surface area (Å²) in [5.74, 6) is -1.71. The third kappa shape index (κ3) is 2.23. The van der Waals surface area contributed by atoms with Gasteiger partial charge in [0.2, 0.25) is 0 Å². The number of aromatic carboxylic acids is 1. The second kappa shape index (κ2) is 3.73. The Balaban J connectivity index is 3.55. The van der Waals surface area contributed by atoms with Crippen molar-refractivity contribution in [3.05, 3.63) is 27.7 Å². The van der Waals surface area contributed by atoms with E-state index < -0.39 is 29.0 Å². The molecule has 0 fully saturated rings. The van der Waals surface area contributed by atoms with E-state index in [1.807, 2.05) is 0 Å². The van der Waals surface area contributed by atoms with Gasteiger partial charge in [-0.1, -0.05) is 0 Å². The molecule has 15 heavy (non-hydrogen) atoms. The number of carbonyl (C=O) groups is 1. The normalized spacial score (nSPS) is 11.5. The molecule has 0 aliphatic carbocycles. The summed E-state index contributed by atoms with van der Waals surface area (Å²) in [6.07, 6.45) is -4.73. The molecule has 0 heterocycles. The Kier molecular flexibility index (Phi) is 2.94. The van der Waals surface area contributed by atoms with Gasteiger partial charge < -0.3 is 10.8 Å². The van der Waals surface area contributed by atoms with Crippen LogP contribution in [0.4, 0.5) is 18.9 Å². The molecule has 7 heteroatoms. The zero-order valence-corrected chi connectivity index (χ0v) is 8.69. The average molecular weight is 284 g/mol. The van der Waals surface area contributed by atoms with Crippen LogP contribution in [-0.4, -0.2) is 11.1 Å². The van der Waals surface area contributed by atoms with Gasteiger partial charge in [0.25, 0.3) is 0 Å². The Bertz CT molecular complexity index is 417. The summed E-state index contributed by atoms with van der Waals surface area (Å²) < 4.78 is 37.3. The van der Waals surface area contributed by atoms with Gasteiger partial charge in [-0.15, -0.1) is 0 Å². The number of nitrogen functional groups attached to an aromatic ring is 1. The largest absolute Gasteiger partial charge is 0.478 e. The Morgan fingerprint density at radius 3 is 2.33 bits per heavy atom. The fourth-order valence-corrected chi connectivity index (χ4v) is 1.39. The van der Waals surface area contributed by atoms with Crippen molar-refractivity contribution in [3.63, 3.8) is 0 Å². The zero-order chi connectivity index (χ0) is 11.8. The van der Waals surface area contributed by atoms with Crippen molar-refractivity contribution in [1.82, 2.24) is 0 Å². The molecule has 3 N–H and O–H groups in total. The molecule has 0 radical (unpaired) electrons. The van der Waals surface area contributed by atoms with Crippen molar-refractivity contribution >= 4 is 27.6 Å². The van der Waals surface area contributed by atoms with Crippen molar-refractivity contribution < 1.29 is 23.1 Å². The first-order valence-electron chi connectivity index (χ1n) is 3.63. The monoisotopic (exact) mass is 283 g/mol. The minimum Gasteiger partial charge on any atom is -0.478 e. The molecule has 0 amide bonds. The molecule has 0 aromatic heterocycles. The van der Waals surface area contributed by atoms with Crippen molar-refractivity contribution in [1.29, 1.82) is 0 Å². The summed E-state index contributed by atoms with van der Waals surface area (Å²) in [4.78, 5) is 10.6. The number of alkyl halides is 3. The molecule has 0 aliphatic heterocycles. The van der Waals surface area contributed by atoms with Crippen LogP contribution in [0.25, 0.3) is 0 Å². The summed E-state index contributed by atoms with van der Waals surface area (Å²) in [5, 5.41) is 8.63. The number of rotatable bonds is 1. The lowest BCUT2D eigenvalue weighted by atomic mass is 10.1. The first kappa shape index (κ1) is 11.8. The van der Waals surface area contributed by atoms with Gasteiger partial charge in [0, 0.05) is 4.47 Å². The SMILES string of the molecule is Nc1c(Br)ccc(C(F)(F)F)c1C(=O)O. The number of nitrogens with two attached hydrogens (primary N) is 1. The number of hydrogen-bond donors (Lipinski definition) is 2. The van der Waals surface area contributed by atoms with E-state index in [-0.39, 0.29) is 4.47 Å². The fraction of sp³-hybridized carbons (Fsp3) is 0.125. The second-order valence-electron chi connectivity index (χ2n) is 2.69. The van der Waals surface area contributed by atoms with E-state index in [9.17, 15) is 18.0 Å². The minimum atomic E-state index is -4.73. The van der Waals surface area contributed by atoms with Crippen molar-refractivity contribution in [2.75, 3.05) is 5.73 Å².